The fourth-order valence-electron chi connectivity index (χ4n) is 1.83. The molecule has 0 saturated carbocycles. The van der Waals surface area contributed by atoms with E-state index in [0.717, 1.165) is 0 Å². The van der Waals surface area contributed by atoms with Gasteiger partial charge in [-0.25, -0.2) is 4.79 Å². The van der Waals surface area contributed by atoms with Crippen molar-refractivity contribution in [1.29, 1.82) is 0 Å². The molecule has 1 atom stereocenters. The quantitative estimate of drug-likeness (QED) is 0.760. The van der Waals surface area contributed by atoms with Crippen molar-refractivity contribution in [3.8, 4) is 5.75 Å². The van der Waals surface area contributed by atoms with Crippen molar-refractivity contribution < 1.29 is 14.6 Å². The average Bonchev–Trinajstić information content (AvgIpc) is 2.42. The molecule has 0 heterocycles. The summed E-state index contributed by atoms with van der Waals surface area (Å²) < 4.78 is 5.43. The molecule has 2 N–H and O–H groups in total. The molecule has 0 aliphatic heterocycles. The molecule has 116 valence electrons. The highest BCUT2D eigenvalue weighted by Gasteiger charge is 2.18. The van der Waals surface area contributed by atoms with Gasteiger partial charge in [-0.05, 0) is 32.9 Å². The molecule has 0 saturated heterocycles. The zero-order valence-corrected chi connectivity index (χ0v) is 12.9. The van der Waals surface area contributed by atoms with E-state index in [0.29, 0.717) is 18.0 Å². The maximum atomic E-state index is 12.3. The molecule has 21 heavy (non-hydrogen) atoms. The predicted octanol–water partition coefficient (Wildman–Crippen LogP) is 2.87. The first-order valence-electron chi connectivity index (χ1n) is 7.03. The van der Waals surface area contributed by atoms with Gasteiger partial charge in [0.1, 0.15) is 12.4 Å². The summed E-state index contributed by atoms with van der Waals surface area (Å²) in [5.74, 6) is 0.666. The van der Waals surface area contributed by atoms with Crippen LogP contribution in [0.5, 0.6) is 5.75 Å². The van der Waals surface area contributed by atoms with E-state index in [-0.39, 0.29) is 18.6 Å². The lowest BCUT2D eigenvalue weighted by molar-refractivity contribution is 0.125. The van der Waals surface area contributed by atoms with Crippen molar-refractivity contribution in [3.63, 3.8) is 0 Å². The molecule has 2 amide bonds. The number of nitrogens with zero attached hydrogens (tertiary/aromatic N) is 1. The van der Waals surface area contributed by atoms with Gasteiger partial charge in [0.15, 0.2) is 0 Å². The summed E-state index contributed by atoms with van der Waals surface area (Å²) in [5, 5.41) is 12.3. The van der Waals surface area contributed by atoms with Gasteiger partial charge in [0, 0.05) is 24.3 Å². The minimum atomic E-state index is -0.569. The van der Waals surface area contributed by atoms with Gasteiger partial charge >= 0.3 is 6.03 Å². The lowest BCUT2D eigenvalue weighted by atomic mass is 10.2. The van der Waals surface area contributed by atoms with E-state index in [1.54, 1.807) is 30.0 Å². The number of amides is 2. The normalized spacial score (nSPS) is 11.9. The minimum Gasteiger partial charge on any atom is -0.489 e. The standard InChI is InChI=1S/C16H24N2O3/c1-5-9-21-15-8-6-7-14(10-15)17-16(20)18(12(2)3)11-13(4)19/h5-8,10,12-13,19H,1,9,11H2,2-4H3,(H,17,20). The molecule has 0 bridgehead atoms. The molecule has 1 aromatic carbocycles. The molecular formula is C16H24N2O3. The molecule has 5 heteroatoms. The smallest absolute Gasteiger partial charge is 0.322 e. The molecule has 0 aliphatic carbocycles. The summed E-state index contributed by atoms with van der Waals surface area (Å²) in [6.07, 6.45) is 1.09. The van der Waals surface area contributed by atoms with E-state index in [4.69, 9.17) is 4.74 Å². The topological polar surface area (TPSA) is 61.8 Å². The number of benzene rings is 1. The lowest BCUT2D eigenvalue weighted by Crippen LogP contribution is -2.43. The monoisotopic (exact) mass is 292 g/mol. The van der Waals surface area contributed by atoms with Crippen molar-refractivity contribution in [2.45, 2.75) is 32.9 Å². The largest absolute Gasteiger partial charge is 0.489 e. The van der Waals surface area contributed by atoms with Gasteiger partial charge in [-0.3, -0.25) is 0 Å². The van der Waals surface area contributed by atoms with Gasteiger partial charge in [0.05, 0.1) is 6.10 Å². The molecular weight excluding hydrogens is 268 g/mol. The summed E-state index contributed by atoms with van der Waals surface area (Å²) in [5.41, 5.74) is 0.651. The van der Waals surface area contributed by atoms with Crippen molar-refractivity contribution in [2.75, 3.05) is 18.5 Å². The first-order chi connectivity index (χ1) is 9.93. The van der Waals surface area contributed by atoms with Gasteiger partial charge in [-0.2, -0.15) is 0 Å². The first kappa shape index (κ1) is 17.0. The van der Waals surface area contributed by atoms with Crippen LogP contribution in [0.3, 0.4) is 0 Å². The highest BCUT2D eigenvalue weighted by atomic mass is 16.5. The fourth-order valence-corrected chi connectivity index (χ4v) is 1.83. The van der Waals surface area contributed by atoms with Crippen LogP contribution in [-0.4, -0.2) is 41.3 Å². The summed E-state index contributed by atoms with van der Waals surface area (Å²) in [4.78, 5) is 13.8. The van der Waals surface area contributed by atoms with Gasteiger partial charge in [-0.15, -0.1) is 0 Å². The van der Waals surface area contributed by atoms with Crippen molar-refractivity contribution >= 4 is 11.7 Å². The number of carbonyl (C=O) groups is 1. The second kappa shape index (κ2) is 8.32. The van der Waals surface area contributed by atoms with Gasteiger partial charge in [0.25, 0.3) is 0 Å². The summed E-state index contributed by atoms with van der Waals surface area (Å²) in [6.45, 7) is 9.77. The number of anilines is 1. The zero-order chi connectivity index (χ0) is 15.8. The van der Waals surface area contributed by atoms with E-state index >= 15 is 0 Å². The molecule has 0 spiro atoms. The Morgan fingerprint density at radius 3 is 2.76 bits per heavy atom. The number of nitrogens with one attached hydrogen (secondary N) is 1. The summed E-state index contributed by atoms with van der Waals surface area (Å²) in [6, 6.07) is 6.92. The molecule has 1 aromatic rings. The van der Waals surface area contributed by atoms with Crippen LogP contribution in [0.4, 0.5) is 10.5 Å². The van der Waals surface area contributed by atoms with Crippen molar-refractivity contribution in [1.82, 2.24) is 4.90 Å². The number of rotatable bonds is 7. The minimum absolute atomic E-state index is 0.000187. The van der Waals surface area contributed by atoms with Gasteiger partial charge < -0.3 is 20.1 Å². The third kappa shape index (κ3) is 5.87. The zero-order valence-electron chi connectivity index (χ0n) is 12.9. The van der Waals surface area contributed by atoms with E-state index < -0.39 is 6.10 Å². The summed E-state index contributed by atoms with van der Waals surface area (Å²) in [7, 11) is 0. The van der Waals surface area contributed by atoms with E-state index in [1.165, 1.54) is 0 Å². The number of aliphatic hydroxyl groups is 1. The van der Waals surface area contributed by atoms with Crippen LogP contribution < -0.4 is 10.1 Å². The Morgan fingerprint density at radius 1 is 1.48 bits per heavy atom. The van der Waals surface area contributed by atoms with Crippen molar-refractivity contribution in [3.05, 3.63) is 36.9 Å². The maximum absolute atomic E-state index is 12.3. The van der Waals surface area contributed by atoms with E-state index in [1.807, 2.05) is 26.0 Å². The van der Waals surface area contributed by atoms with E-state index in [2.05, 4.69) is 11.9 Å². The Morgan fingerprint density at radius 2 is 2.19 bits per heavy atom. The number of ether oxygens (including phenoxy) is 1. The van der Waals surface area contributed by atoms with Crippen LogP contribution in [0.15, 0.2) is 36.9 Å². The second-order valence-corrected chi connectivity index (χ2v) is 5.15. The molecule has 0 fully saturated rings. The lowest BCUT2D eigenvalue weighted by Gasteiger charge is -2.28. The number of aliphatic hydroxyl groups excluding tert-OH is 1. The SMILES string of the molecule is C=CCOc1cccc(NC(=O)N(CC(C)O)C(C)C)c1. The first-order valence-corrected chi connectivity index (χ1v) is 7.03. The van der Waals surface area contributed by atoms with Crippen LogP contribution in [0.2, 0.25) is 0 Å². The molecule has 5 nitrogen and oxygen atoms in total. The Labute approximate surface area is 126 Å². The predicted molar refractivity (Wildman–Crippen MR) is 84.7 cm³/mol. The molecule has 1 rings (SSSR count). The van der Waals surface area contributed by atoms with Crippen LogP contribution in [0.25, 0.3) is 0 Å². The van der Waals surface area contributed by atoms with Crippen LogP contribution in [0, 0.1) is 0 Å². The number of hydrogen-bond acceptors (Lipinski definition) is 3. The third-order valence-corrected chi connectivity index (χ3v) is 2.80. The Bertz CT molecular complexity index is 472. The van der Waals surface area contributed by atoms with Gasteiger partial charge in [-0.1, -0.05) is 18.7 Å². The van der Waals surface area contributed by atoms with Crippen molar-refractivity contribution in [2.24, 2.45) is 0 Å². The molecule has 0 aliphatic rings. The van der Waals surface area contributed by atoms with Crippen LogP contribution in [0.1, 0.15) is 20.8 Å². The highest BCUT2D eigenvalue weighted by molar-refractivity contribution is 5.89. The Hall–Kier alpha value is -2.01. The van der Waals surface area contributed by atoms with Gasteiger partial charge in [0.2, 0.25) is 0 Å². The third-order valence-electron chi connectivity index (χ3n) is 2.80. The molecule has 1 unspecified atom stereocenters. The maximum Gasteiger partial charge on any atom is 0.322 e. The molecule has 0 aromatic heterocycles. The Balaban J connectivity index is 2.74. The number of carbonyl (C=O) groups excluding carboxylic acids is 1. The number of hydrogen-bond donors (Lipinski definition) is 2. The second-order valence-electron chi connectivity index (χ2n) is 5.15. The highest BCUT2D eigenvalue weighted by Crippen LogP contribution is 2.18. The fraction of sp³-hybridized carbons (Fsp3) is 0.438. The molecule has 0 radical (unpaired) electrons. The Kier molecular flexibility index (Phi) is 6.75. The number of urea groups is 1. The van der Waals surface area contributed by atoms with E-state index in [9.17, 15) is 9.90 Å². The average molecular weight is 292 g/mol. The van der Waals surface area contributed by atoms with Crippen LogP contribution >= 0.6 is 0 Å². The summed E-state index contributed by atoms with van der Waals surface area (Å²) >= 11 is 0. The van der Waals surface area contributed by atoms with Crippen LogP contribution in [-0.2, 0) is 0 Å².